The fourth-order valence-corrected chi connectivity index (χ4v) is 1.97. The number of aryl methyl sites for hydroxylation is 2. The minimum atomic E-state index is -0.241. The first-order valence-corrected chi connectivity index (χ1v) is 6.42. The lowest BCUT2D eigenvalue weighted by Crippen LogP contribution is -2.29. The Hall–Kier alpha value is -1.69. The highest BCUT2D eigenvalue weighted by Crippen LogP contribution is 2.10. The predicted octanol–water partition coefficient (Wildman–Crippen LogP) is 0.991. The number of rotatable bonds is 6. The monoisotopic (exact) mass is 267 g/mol. The predicted molar refractivity (Wildman–Crippen MR) is 72.0 cm³/mol. The van der Waals surface area contributed by atoms with E-state index in [0.29, 0.717) is 30.2 Å². The van der Waals surface area contributed by atoms with Crippen LogP contribution in [0.4, 0.5) is 0 Å². The van der Waals surface area contributed by atoms with Gasteiger partial charge in [-0.05, 0) is 27.7 Å². The molecule has 0 fully saturated rings. The van der Waals surface area contributed by atoms with Gasteiger partial charge in [0.15, 0.2) is 0 Å². The molecule has 1 aromatic heterocycles. The number of nitrogens with zero attached hydrogens (tertiary/aromatic N) is 1. The zero-order chi connectivity index (χ0) is 14.4. The molecule has 0 saturated heterocycles. The van der Waals surface area contributed by atoms with Crippen molar-refractivity contribution < 1.29 is 9.53 Å². The summed E-state index contributed by atoms with van der Waals surface area (Å²) in [5, 5.41) is 3.13. The number of nitrogens with one attached hydrogen (secondary N) is 2. The number of H-pyrrole nitrogens is 1. The van der Waals surface area contributed by atoms with Gasteiger partial charge in [0.1, 0.15) is 5.82 Å². The van der Waals surface area contributed by atoms with Crippen LogP contribution in [-0.4, -0.2) is 29.1 Å². The summed E-state index contributed by atoms with van der Waals surface area (Å²) < 4.78 is 4.83. The van der Waals surface area contributed by atoms with Crippen molar-refractivity contribution in [3.8, 4) is 0 Å². The van der Waals surface area contributed by atoms with E-state index in [-0.39, 0.29) is 24.0 Å². The van der Waals surface area contributed by atoms with E-state index in [1.165, 1.54) is 0 Å². The Bertz CT molecular complexity index is 496. The van der Waals surface area contributed by atoms with Gasteiger partial charge in [0, 0.05) is 18.3 Å². The van der Waals surface area contributed by atoms with E-state index < -0.39 is 0 Å². The van der Waals surface area contributed by atoms with E-state index in [1.54, 1.807) is 20.8 Å². The minimum Gasteiger partial charge on any atom is -0.466 e. The molecule has 0 aliphatic rings. The second-order valence-electron chi connectivity index (χ2n) is 4.38. The molecule has 0 aliphatic carbocycles. The van der Waals surface area contributed by atoms with Gasteiger partial charge in [-0.15, -0.1) is 0 Å². The molecule has 1 unspecified atom stereocenters. The molecule has 0 amide bonds. The summed E-state index contributed by atoms with van der Waals surface area (Å²) >= 11 is 0. The highest BCUT2D eigenvalue weighted by atomic mass is 16.5. The van der Waals surface area contributed by atoms with Gasteiger partial charge in [-0.1, -0.05) is 0 Å². The van der Waals surface area contributed by atoms with Crippen molar-refractivity contribution in [3.63, 3.8) is 0 Å². The van der Waals surface area contributed by atoms with E-state index in [4.69, 9.17) is 4.74 Å². The van der Waals surface area contributed by atoms with Gasteiger partial charge in [-0.2, -0.15) is 0 Å². The maximum atomic E-state index is 11.9. The molecular formula is C13H21N3O3. The molecule has 0 bridgehead atoms. The van der Waals surface area contributed by atoms with Crippen LogP contribution < -0.4 is 10.9 Å². The maximum absolute atomic E-state index is 11.9. The van der Waals surface area contributed by atoms with Crippen LogP contribution in [0.15, 0.2) is 4.79 Å². The van der Waals surface area contributed by atoms with Crippen LogP contribution in [0, 0.1) is 13.8 Å². The third kappa shape index (κ3) is 4.48. The zero-order valence-electron chi connectivity index (χ0n) is 11.9. The number of esters is 1. The number of hydrogen-bond donors (Lipinski definition) is 2. The molecule has 19 heavy (non-hydrogen) atoms. The third-order valence-corrected chi connectivity index (χ3v) is 2.78. The smallest absolute Gasteiger partial charge is 0.307 e. The van der Waals surface area contributed by atoms with E-state index in [9.17, 15) is 9.59 Å². The largest absolute Gasteiger partial charge is 0.466 e. The standard InChI is InChI=1S/C13H21N3O3/c1-5-19-11(17)6-7-14-8(2)12-9(3)15-10(4)16-13(12)18/h8,14H,5-7H2,1-4H3,(H,15,16,18). The van der Waals surface area contributed by atoms with E-state index >= 15 is 0 Å². The normalized spacial score (nSPS) is 12.2. The highest BCUT2D eigenvalue weighted by molar-refractivity contribution is 5.69. The molecule has 0 radical (unpaired) electrons. The second-order valence-corrected chi connectivity index (χ2v) is 4.38. The summed E-state index contributed by atoms with van der Waals surface area (Å²) in [6.07, 6.45) is 0.286. The van der Waals surface area contributed by atoms with Crippen molar-refractivity contribution in [1.82, 2.24) is 15.3 Å². The van der Waals surface area contributed by atoms with Gasteiger partial charge in [-0.25, -0.2) is 4.98 Å². The molecule has 1 atom stereocenters. The first-order valence-electron chi connectivity index (χ1n) is 6.42. The lowest BCUT2D eigenvalue weighted by atomic mass is 10.1. The van der Waals surface area contributed by atoms with Crippen LogP contribution in [-0.2, 0) is 9.53 Å². The van der Waals surface area contributed by atoms with Crippen LogP contribution in [0.25, 0.3) is 0 Å². The molecule has 106 valence electrons. The average molecular weight is 267 g/mol. The summed E-state index contributed by atoms with van der Waals surface area (Å²) in [4.78, 5) is 30.0. The molecule has 1 aromatic rings. The summed E-state index contributed by atoms with van der Waals surface area (Å²) in [6, 6.07) is -0.161. The lowest BCUT2D eigenvalue weighted by Gasteiger charge is -2.15. The third-order valence-electron chi connectivity index (χ3n) is 2.78. The van der Waals surface area contributed by atoms with E-state index in [0.717, 1.165) is 0 Å². The Labute approximate surface area is 112 Å². The van der Waals surface area contributed by atoms with Crippen LogP contribution >= 0.6 is 0 Å². The summed E-state index contributed by atoms with van der Waals surface area (Å²) in [6.45, 7) is 8.05. The van der Waals surface area contributed by atoms with Crippen molar-refractivity contribution in [3.05, 3.63) is 27.4 Å². The Morgan fingerprint density at radius 3 is 2.74 bits per heavy atom. The lowest BCUT2D eigenvalue weighted by molar-refractivity contribution is -0.143. The molecular weight excluding hydrogens is 246 g/mol. The van der Waals surface area contributed by atoms with Crippen molar-refractivity contribution in [2.75, 3.05) is 13.2 Å². The van der Waals surface area contributed by atoms with Crippen LogP contribution in [0.5, 0.6) is 0 Å². The molecule has 0 aliphatic heterocycles. The summed E-state index contributed by atoms with van der Waals surface area (Å²) in [7, 11) is 0. The van der Waals surface area contributed by atoms with Crippen molar-refractivity contribution in [2.45, 2.75) is 40.2 Å². The Morgan fingerprint density at radius 2 is 2.16 bits per heavy atom. The second kappa shape index (κ2) is 7.04. The Kier molecular flexibility index (Phi) is 5.69. The SMILES string of the molecule is CCOC(=O)CCNC(C)c1c(C)nc(C)[nH]c1=O. The molecule has 2 N–H and O–H groups in total. The molecule has 0 saturated carbocycles. The number of aromatic amines is 1. The van der Waals surface area contributed by atoms with Gasteiger partial charge in [0.05, 0.1) is 18.6 Å². The highest BCUT2D eigenvalue weighted by Gasteiger charge is 2.14. The summed E-state index contributed by atoms with van der Waals surface area (Å²) in [5.74, 6) is 0.361. The van der Waals surface area contributed by atoms with Gasteiger partial charge >= 0.3 is 5.97 Å². The van der Waals surface area contributed by atoms with Crippen molar-refractivity contribution in [1.29, 1.82) is 0 Å². The molecule has 6 heteroatoms. The number of ether oxygens (including phenoxy) is 1. The maximum Gasteiger partial charge on any atom is 0.307 e. The molecule has 1 heterocycles. The number of aromatic nitrogens is 2. The van der Waals surface area contributed by atoms with Gasteiger partial charge < -0.3 is 15.0 Å². The van der Waals surface area contributed by atoms with Gasteiger partial charge in [-0.3, -0.25) is 9.59 Å². The number of hydrogen-bond acceptors (Lipinski definition) is 5. The minimum absolute atomic E-state index is 0.138. The zero-order valence-corrected chi connectivity index (χ0v) is 11.9. The molecule has 1 rings (SSSR count). The Balaban J connectivity index is 2.62. The molecule has 0 aromatic carbocycles. The van der Waals surface area contributed by atoms with Gasteiger partial charge in [0.2, 0.25) is 0 Å². The van der Waals surface area contributed by atoms with Gasteiger partial charge in [0.25, 0.3) is 5.56 Å². The first kappa shape index (κ1) is 15.4. The number of carbonyl (C=O) groups is 1. The van der Waals surface area contributed by atoms with Crippen molar-refractivity contribution >= 4 is 5.97 Å². The summed E-state index contributed by atoms with van der Waals surface area (Å²) in [5.41, 5.74) is 1.17. The van der Waals surface area contributed by atoms with E-state index in [1.807, 2.05) is 6.92 Å². The van der Waals surface area contributed by atoms with Crippen LogP contribution in [0.1, 0.15) is 43.4 Å². The van der Waals surface area contributed by atoms with E-state index in [2.05, 4.69) is 15.3 Å². The first-order chi connectivity index (χ1) is 8.95. The average Bonchev–Trinajstić information content (AvgIpc) is 2.27. The fourth-order valence-electron chi connectivity index (χ4n) is 1.97. The number of carbonyl (C=O) groups excluding carboxylic acids is 1. The van der Waals surface area contributed by atoms with Crippen LogP contribution in [0.2, 0.25) is 0 Å². The quantitative estimate of drug-likeness (QED) is 0.751. The molecule has 6 nitrogen and oxygen atoms in total. The van der Waals surface area contributed by atoms with Crippen LogP contribution in [0.3, 0.4) is 0 Å². The topological polar surface area (TPSA) is 84.1 Å². The fraction of sp³-hybridized carbons (Fsp3) is 0.615. The molecule has 0 spiro atoms. The Morgan fingerprint density at radius 1 is 1.47 bits per heavy atom. The van der Waals surface area contributed by atoms with Crippen molar-refractivity contribution in [2.24, 2.45) is 0 Å².